The van der Waals surface area contributed by atoms with Crippen LogP contribution in [0.2, 0.25) is 0 Å². The van der Waals surface area contributed by atoms with E-state index in [1.54, 1.807) is 5.51 Å². The molecule has 3 aromatic rings. The van der Waals surface area contributed by atoms with Crippen molar-refractivity contribution in [1.29, 1.82) is 0 Å². The van der Waals surface area contributed by atoms with Crippen LogP contribution in [0, 0.1) is 0 Å². The van der Waals surface area contributed by atoms with Gasteiger partial charge in [0.25, 0.3) is 0 Å². The van der Waals surface area contributed by atoms with Gasteiger partial charge in [0, 0.05) is 13.1 Å². The average molecular weight is 372 g/mol. The number of anilines is 2. The number of amides is 1. The van der Waals surface area contributed by atoms with E-state index >= 15 is 0 Å². The highest BCUT2D eigenvalue weighted by molar-refractivity contribution is 8.01. The molecule has 1 amide bonds. The van der Waals surface area contributed by atoms with Crippen LogP contribution in [-0.4, -0.2) is 44.9 Å². The molecule has 4 rings (SSSR count). The summed E-state index contributed by atoms with van der Waals surface area (Å²) in [6.45, 7) is 1.88. The largest absolute Gasteiger partial charge is 0.354 e. The molecule has 9 heteroatoms. The van der Waals surface area contributed by atoms with Crippen molar-refractivity contribution in [1.82, 2.24) is 20.2 Å². The number of thioether (sulfide) groups is 1. The molecule has 7 nitrogen and oxygen atoms in total. The fraction of sp³-hybridized carbons (Fsp3) is 0.312. The van der Waals surface area contributed by atoms with E-state index in [1.807, 2.05) is 24.3 Å². The Balaban J connectivity index is 1.57. The minimum absolute atomic E-state index is 0.120. The Morgan fingerprint density at radius 2 is 1.96 bits per heavy atom. The zero-order chi connectivity index (χ0) is 17.1. The van der Waals surface area contributed by atoms with E-state index in [1.165, 1.54) is 23.1 Å². The molecule has 25 heavy (non-hydrogen) atoms. The molecule has 1 saturated heterocycles. The maximum atomic E-state index is 12.3. The SMILES string of the molecule is O=C(CSc1nncs1)Nc1nc2ccccc2nc1N1CCCC1. The molecule has 0 atom stereocenters. The second kappa shape index (κ2) is 7.32. The van der Waals surface area contributed by atoms with E-state index in [2.05, 4.69) is 25.4 Å². The molecule has 0 radical (unpaired) electrons. The quantitative estimate of drug-likeness (QED) is 0.689. The minimum atomic E-state index is -0.120. The van der Waals surface area contributed by atoms with Crippen LogP contribution in [0.4, 0.5) is 11.6 Å². The first-order chi connectivity index (χ1) is 12.3. The number of aromatic nitrogens is 4. The fourth-order valence-corrected chi connectivity index (χ4v) is 4.03. The van der Waals surface area contributed by atoms with Gasteiger partial charge in [-0.3, -0.25) is 4.79 Å². The first-order valence-corrected chi connectivity index (χ1v) is 9.87. The van der Waals surface area contributed by atoms with Crippen molar-refractivity contribution in [2.45, 2.75) is 17.2 Å². The number of benzene rings is 1. The maximum Gasteiger partial charge on any atom is 0.236 e. The van der Waals surface area contributed by atoms with Crippen LogP contribution in [0.5, 0.6) is 0 Å². The molecule has 0 spiro atoms. The first-order valence-electron chi connectivity index (χ1n) is 8.00. The average Bonchev–Trinajstić information content (AvgIpc) is 3.33. The molecular formula is C16H16N6OS2. The lowest BCUT2D eigenvalue weighted by atomic mass is 10.3. The maximum absolute atomic E-state index is 12.3. The smallest absolute Gasteiger partial charge is 0.236 e. The van der Waals surface area contributed by atoms with Crippen molar-refractivity contribution in [3.05, 3.63) is 29.8 Å². The van der Waals surface area contributed by atoms with Gasteiger partial charge in [0.15, 0.2) is 16.0 Å². The van der Waals surface area contributed by atoms with Crippen molar-refractivity contribution in [2.75, 3.05) is 29.1 Å². The fourth-order valence-electron chi connectivity index (χ4n) is 2.75. The molecule has 2 aromatic heterocycles. The molecular weight excluding hydrogens is 356 g/mol. The summed E-state index contributed by atoms with van der Waals surface area (Å²) < 4.78 is 0.777. The third kappa shape index (κ3) is 3.72. The summed E-state index contributed by atoms with van der Waals surface area (Å²) in [6, 6.07) is 7.71. The van der Waals surface area contributed by atoms with Crippen molar-refractivity contribution in [3.8, 4) is 0 Å². The lowest BCUT2D eigenvalue weighted by Crippen LogP contribution is -2.24. The van der Waals surface area contributed by atoms with Gasteiger partial charge in [-0.1, -0.05) is 35.2 Å². The lowest BCUT2D eigenvalue weighted by Gasteiger charge is -2.20. The minimum Gasteiger partial charge on any atom is -0.354 e. The third-order valence-corrected chi connectivity index (χ3v) is 5.74. The van der Waals surface area contributed by atoms with Gasteiger partial charge in [-0.25, -0.2) is 9.97 Å². The van der Waals surface area contributed by atoms with Gasteiger partial charge in [0.2, 0.25) is 5.91 Å². The van der Waals surface area contributed by atoms with E-state index in [4.69, 9.17) is 4.98 Å². The van der Waals surface area contributed by atoms with E-state index < -0.39 is 0 Å². The van der Waals surface area contributed by atoms with Crippen LogP contribution in [0.1, 0.15) is 12.8 Å². The van der Waals surface area contributed by atoms with Crippen LogP contribution >= 0.6 is 23.1 Å². The van der Waals surface area contributed by atoms with Crippen LogP contribution in [0.3, 0.4) is 0 Å². The molecule has 1 fully saturated rings. The van der Waals surface area contributed by atoms with Gasteiger partial charge >= 0.3 is 0 Å². The number of carbonyl (C=O) groups is 1. The van der Waals surface area contributed by atoms with Gasteiger partial charge in [0.1, 0.15) is 5.51 Å². The lowest BCUT2D eigenvalue weighted by molar-refractivity contribution is -0.113. The first kappa shape index (κ1) is 16.2. The van der Waals surface area contributed by atoms with Gasteiger partial charge < -0.3 is 10.2 Å². The molecule has 0 bridgehead atoms. The number of hydrogen-bond acceptors (Lipinski definition) is 8. The monoisotopic (exact) mass is 372 g/mol. The molecule has 1 aliphatic rings. The van der Waals surface area contributed by atoms with Crippen molar-refractivity contribution in [3.63, 3.8) is 0 Å². The molecule has 0 aliphatic carbocycles. The number of nitrogens with one attached hydrogen (secondary N) is 1. The number of hydrogen-bond donors (Lipinski definition) is 1. The topological polar surface area (TPSA) is 83.9 Å². The zero-order valence-electron chi connectivity index (χ0n) is 13.4. The highest BCUT2D eigenvalue weighted by atomic mass is 32.2. The predicted molar refractivity (Wildman–Crippen MR) is 100 cm³/mol. The molecule has 1 N–H and O–H groups in total. The van der Waals surface area contributed by atoms with Crippen LogP contribution in [0.15, 0.2) is 34.1 Å². The molecule has 3 heterocycles. The second-order valence-electron chi connectivity index (χ2n) is 5.62. The highest BCUT2D eigenvalue weighted by Crippen LogP contribution is 2.28. The van der Waals surface area contributed by atoms with Crippen LogP contribution in [0.25, 0.3) is 11.0 Å². The Kier molecular flexibility index (Phi) is 4.75. The number of nitrogens with zero attached hydrogens (tertiary/aromatic N) is 5. The highest BCUT2D eigenvalue weighted by Gasteiger charge is 2.20. The number of carbonyl (C=O) groups excluding carboxylic acids is 1. The molecule has 1 aromatic carbocycles. The van der Waals surface area contributed by atoms with E-state index in [0.717, 1.165) is 47.1 Å². The summed E-state index contributed by atoms with van der Waals surface area (Å²) in [4.78, 5) is 23.9. The summed E-state index contributed by atoms with van der Waals surface area (Å²) >= 11 is 2.79. The van der Waals surface area contributed by atoms with Gasteiger partial charge in [-0.05, 0) is 25.0 Å². The Morgan fingerprint density at radius 1 is 1.20 bits per heavy atom. The Hall–Kier alpha value is -2.26. The summed E-state index contributed by atoms with van der Waals surface area (Å²) in [5.74, 6) is 1.43. The van der Waals surface area contributed by atoms with E-state index in [9.17, 15) is 4.79 Å². The second-order valence-corrected chi connectivity index (χ2v) is 7.68. The molecule has 0 saturated carbocycles. The standard InChI is InChI=1S/C16H16N6OS2/c23-13(9-24-16-21-17-10-25-16)20-14-15(22-7-3-4-8-22)19-12-6-2-1-5-11(12)18-14/h1-2,5-6,10H,3-4,7-9H2,(H,18,20,23). The summed E-state index contributed by atoms with van der Waals surface area (Å²) in [5, 5.41) is 10.6. The number of rotatable bonds is 5. The summed E-state index contributed by atoms with van der Waals surface area (Å²) in [5.41, 5.74) is 3.27. The van der Waals surface area contributed by atoms with Crippen molar-refractivity contribution >= 4 is 51.7 Å². The van der Waals surface area contributed by atoms with E-state index in [-0.39, 0.29) is 11.7 Å². The van der Waals surface area contributed by atoms with Crippen LogP contribution in [-0.2, 0) is 4.79 Å². The van der Waals surface area contributed by atoms with E-state index in [0.29, 0.717) is 5.82 Å². The normalized spacial score (nSPS) is 14.2. The molecule has 1 aliphatic heterocycles. The third-order valence-electron chi connectivity index (χ3n) is 3.88. The number of para-hydroxylation sites is 2. The summed E-state index contributed by atoms with van der Waals surface area (Å²) in [6.07, 6.45) is 2.27. The van der Waals surface area contributed by atoms with Crippen molar-refractivity contribution < 1.29 is 4.79 Å². The van der Waals surface area contributed by atoms with Gasteiger partial charge in [0.05, 0.1) is 16.8 Å². The van der Waals surface area contributed by atoms with Gasteiger partial charge in [-0.15, -0.1) is 10.2 Å². The Bertz CT molecular complexity index is 879. The Morgan fingerprint density at radius 3 is 2.68 bits per heavy atom. The van der Waals surface area contributed by atoms with Crippen molar-refractivity contribution in [2.24, 2.45) is 0 Å². The Labute approximate surface area is 152 Å². The molecule has 128 valence electrons. The molecule has 0 unspecified atom stereocenters. The van der Waals surface area contributed by atoms with Crippen LogP contribution < -0.4 is 10.2 Å². The number of fused-ring (bicyclic) bond motifs is 1. The predicted octanol–water partition coefficient (Wildman–Crippen LogP) is 2.81. The van der Waals surface area contributed by atoms with Gasteiger partial charge in [-0.2, -0.15) is 0 Å². The zero-order valence-corrected chi connectivity index (χ0v) is 15.0. The summed E-state index contributed by atoms with van der Waals surface area (Å²) in [7, 11) is 0.